The van der Waals surface area contributed by atoms with Gasteiger partial charge in [-0.05, 0) is 58.0 Å². The Labute approximate surface area is 99.3 Å². The van der Waals surface area contributed by atoms with Crippen molar-refractivity contribution in [2.75, 3.05) is 0 Å². The molecular weight excluding hydrogens is 212 g/mol. The number of ketones is 2. The number of hydrogen-bond donors (Lipinski definition) is 0. The molecule has 1 aromatic rings. The Hall–Kier alpha value is -2.22. The van der Waals surface area contributed by atoms with E-state index in [0.29, 0.717) is 0 Å². The van der Waals surface area contributed by atoms with Gasteiger partial charge in [0.1, 0.15) is 0 Å². The number of hydrogen-bond acceptors (Lipinski definition) is 2. The minimum atomic E-state index is 0. The van der Waals surface area contributed by atoms with E-state index in [1.807, 2.05) is 12.1 Å². The summed E-state index contributed by atoms with van der Waals surface area (Å²) in [7, 11) is 0. The van der Waals surface area contributed by atoms with Crippen molar-refractivity contribution in [2.45, 2.75) is 0 Å². The molecule has 0 heterocycles. The molecule has 4 radical (unpaired) electrons. The van der Waals surface area contributed by atoms with Crippen LogP contribution in [-0.4, -0.2) is 11.6 Å². The van der Waals surface area contributed by atoms with Crippen molar-refractivity contribution in [1.29, 1.82) is 0 Å². The largest absolute Gasteiger partial charge is 0.290 e. The average Bonchev–Trinajstić information content (AvgIpc) is 2.26. The van der Waals surface area contributed by atoms with Crippen LogP contribution in [0.5, 0.6) is 0 Å². The Bertz CT molecular complexity index is 627. The molecule has 0 atom stereocenters. The number of benzene rings is 1. The van der Waals surface area contributed by atoms with Crippen LogP contribution in [0.2, 0.25) is 0 Å². The second-order valence-corrected chi connectivity index (χ2v) is 3.87. The lowest BCUT2D eigenvalue weighted by Gasteiger charge is -2.06. The van der Waals surface area contributed by atoms with E-state index < -0.39 is 0 Å². The summed E-state index contributed by atoms with van der Waals surface area (Å²) < 4.78 is 0. The molecule has 0 saturated carbocycles. The van der Waals surface area contributed by atoms with Crippen LogP contribution in [0.4, 0.5) is 0 Å². The predicted octanol–water partition coefficient (Wildman–Crippen LogP) is 0.521. The van der Waals surface area contributed by atoms with Crippen LogP contribution < -0.4 is 10.4 Å². The molecule has 80 valence electrons. The molecule has 0 aromatic heterocycles. The molecule has 2 aliphatic rings. The Balaban J connectivity index is 0.00000108. The van der Waals surface area contributed by atoms with Crippen molar-refractivity contribution < 1.29 is 9.59 Å². The summed E-state index contributed by atoms with van der Waals surface area (Å²) in [4.78, 5) is 22.4. The van der Waals surface area contributed by atoms with E-state index in [4.69, 9.17) is 0 Å². The van der Waals surface area contributed by atoms with Crippen LogP contribution in [-0.2, 0) is 9.59 Å². The highest BCUT2D eigenvalue weighted by atomic mass is 16.1. The highest BCUT2D eigenvalue weighted by Crippen LogP contribution is 2.05. The van der Waals surface area contributed by atoms with Gasteiger partial charge in [-0.25, -0.2) is 0 Å². The van der Waals surface area contributed by atoms with Crippen LogP contribution in [0, 0.1) is 7.43 Å². The van der Waals surface area contributed by atoms with Crippen LogP contribution in [0.15, 0.2) is 24.3 Å². The molecule has 0 saturated heterocycles. The van der Waals surface area contributed by atoms with Crippen LogP contribution >= 0.6 is 0 Å². The maximum Gasteiger partial charge on any atom is 0.179 e. The van der Waals surface area contributed by atoms with Gasteiger partial charge in [0.15, 0.2) is 11.6 Å². The summed E-state index contributed by atoms with van der Waals surface area (Å²) in [6.07, 6.45) is 9.87. The summed E-state index contributed by atoms with van der Waals surface area (Å²) in [6.45, 7) is 0. The summed E-state index contributed by atoms with van der Waals surface area (Å²) >= 11 is 0. The summed E-state index contributed by atoms with van der Waals surface area (Å²) in [5.74, 6) is 0.0135. The first-order valence-corrected chi connectivity index (χ1v) is 5.04. The number of allylic oxidation sites excluding steroid dienone is 2. The van der Waals surface area contributed by atoms with Gasteiger partial charge in [-0.15, -0.1) is 0 Å². The first-order valence-electron chi connectivity index (χ1n) is 5.04. The summed E-state index contributed by atoms with van der Waals surface area (Å²) in [5.41, 5.74) is 1.97. The number of carbonyl (C=O) groups excluding carboxylic acids is 2. The molecule has 2 aliphatic carbocycles. The van der Waals surface area contributed by atoms with Crippen LogP contribution in [0.1, 0.15) is 11.1 Å². The Morgan fingerprint density at radius 3 is 1.47 bits per heavy atom. The fourth-order valence-electron chi connectivity index (χ4n) is 1.95. The van der Waals surface area contributed by atoms with Gasteiger partial charge in [0.2, 0.25) is 0 Å². The minimum absolute atomic E-state index is 0. The molecule has 1 aromatic carbocycles. The zero-order valence-electron chi connectivity index (χ0n) is 8.94. The van der Waals surface area contributed by atoms with Gasteiger partial charge in [-0.1, -0.05) is 12.2 Å². The molecular formula is C15H8O2. The van der Waals surface area contributed by atoms with Gasteiger partial charge >= 0.3 is 0 Å². The summed E-state index contributed by atoms with van der Waals surface area (Å²) in [5, 5.41) is 1.83. The van der Waals surface area contributed by atoms with E-state index in [0.717, 1.165) is 21.6 Å². The minimum Gasteiger partial charge on any atom is -0.290 e. The highest BCUT2D eigenvalue weighted by molar-refractivity contribution is 6.18. The molecule has 0 bridgehead atoms. The third-order valence-electron chi connectivity index (χ3n) is 2.74. The maximum atomic E-state index is 11.2. The number of carbonyl (C=O) groups is 2. The fourth-order valence-corrected chi connectivity index (χ4v) is 1.95. The monoisotopic (exact) mass is 220 g/mol. The molecule has 2 nitrogen and oxygen atoms in total. The lowest BCUT2D eigenvalue weighted by Crippen LogP contribution is -2.21. The van der Waals surface area contributed by atoms with Crippen molar-refractivity contribution >= 4 is 35.9 Å². The van der Waals surface area contributed by atoms with E-state index in [1.54, 1.807) is 24.3 Å². The molecule has 0 N–H and O–H groups in total. The van der Waals surface area contributed by atoms with Gasteiger partial charge < -0.3 is 0 Å². The molecule has 0 amide bonds. The molecule has 3 rings (SSSR count). The highest BCUT2D eigenvalue weighted by Gasteiger charge is 2.06. The van der Waals surface area contributed by atoms with Gasteiger partial charge in [0, 0.05) is 7.43 Å². The van der Waals surface area contributed by atoms with Crippen molar-refractivity contribution in [3.05, 3.63) is 53.3 Å². The first kappa shape index (κ1) is 11.3. The molecule has 0 aliphatic heterocycles. The fraction of sp³-hybridized carbons (Fsp3) is 0. The number of rotatable bonds is 0. The van der Waals surface area contributed by atoms with E-state index in [1.165, 1.54) is 12.2 Å². The predicted molar refractivity (Wildman–Crippen MR) is 65.9 cm³/mol. The van der Waals surface area contributed by atoms with Crippen molar-refractivity contribution in [3.63, 3.8) is 0 Å². The number of fused-ring (bicyclic) bond motifs is 2. The molecule has 2 heteroatoms. The maximum absolute atomic E-state index is 11.2. The summed E-state index contributed by atoms with van der Waals surface area (Å²) in [6, 6.07) is 3.87. The van der Waals surface area contributed by atoms with E-state index in [2.05, 4.69) is 0 Å². The van der Waals surface area contributed by atoms with Crippen molar-refractivity contribution in [3.8, 4) is 0 Å². The topological polar surface area (TPSA) is 34.1 Å². The van der Waals surface area contributed by atoms with Gasteiger partial charge in [0.25, 0.3) is 0 Å². The zero-order valence-corrected chi connectivity index (χ0v) is 8.94. The second kappa shape index (κ2) is 3.98. The second-order valence-electron chi connectivity index (χ2n) is 3.87. The molecule has 17 heavy (non-hydrogen) atoms. The zero-order chi connectivity index (χ0) is 11.1. The van der Waals surface area contributed by atoms with E-state index in [9.17, 15) is 9.59 Å². The first-order chi connectivity index (χ1) is 7.72. The van der Waals surface area contributed by atoms with Crippen molar-refractivity contribution in [1.82, 2.24) is 0 Å². The van der Waals surface area contributed by atoms with Crippen LogP contribution in [0.25, 0.3) is 24.3 Å². The van der Waals surface area contributed by atoms with Crippen molar-refractivity contribution in [2.24, 2.45) is 0 Å². The standard InChI is InChI=1S/C14H8O2.C/c15-13-3-1-9-5-12-8-14(16)4-2-10(12)6-11(9)7-13;/h1-8H;. The lowest BCUT2D eigenvalue weighted by atomic mass is 9.97. The normalized spacial score (nSPS) is 15.3. The van der Waals surface area contributed by atoms with E-state index in [-0.39, 0.29) is 19.0 Å². The Kier molecular flexibility index (Phi) is 2.64. The lowest BCUT2D eigenvalue weighted by molar-refractivity contribution is -0.110. The Morgan fingerprint density at radius 1 is 0.647 bits per heavy atom. The third kappa shape index (κ3) is 1.89. The third-order valence-corrected chi connectivity index (χ3v) is 2.74. The smallest absolute Gasteiger partial charge is 0.179 e. The quantitative estimate of drug-likeness (QED) is 0.638. The molecule has 0 fully saturated rings. The van der Waals surface area contributed by atoms with Gasteiger partial charge in [-0.3, -0.25) is 9.59 Å². The molecule has 0 unspecified atom stereocenters. The molecule has 0 spiro atoms. The van der Waals surface area contributed by atoms with Crippen LogP contribution in [0.3, 0.4) is 0 Å². The van der Waals surface area contributed by atoms with Gasteiger partial charge in [0.05, 0.1) is 0 Å². The van der Waals surface area contributed by atoms with E-state index >= 15 is 0 Å². The Morgan fingerprint density at radius 2 is 1.06 bits per heavy atom. The van der Waals surface area contributed by atoms with Gasteiger partial charge in [-0.2, -0.15) is 0 Å². The average molecular weight is 220 g/mol. The SMILES string of the molecule is O=C1C=Cc2cc3c(cc2=C1)C=CC(=O)C=3.[C].